The van der Waals surface area contributed by atoms with Gasteiger partial charge in [0.25, 0.3) is 0 Å². The van der Waals surface area contributed by atoms with E-state index < -0.39 is 0 Å². The largest absolute Gasteiger partial charge is 0.0770 e. The molecular weight excluding hydrogens is 84.1 g/mol. The SMILES string of the molecule is CC1=[C]C=CC1C. The first-order valence-corrected chi connectivity index (χ1v) is 2.57. The highest BCUT2D eigenvalue weighted by molar-refractivity contribution is 5.19. The monoisotopic (exact) mass is 93.1 g/mol. The van der Waals surface area contributed by atoms with Crippen molar-refractivity contribution in [3.05, 3.63) is 23.8 Å². The summed E-state index contributed by atoms with van der Waals surface area (Å²) in [4.78, 5) is 0. The molecule has 1 aliphatic rings. The van der Waals surface area contributed by atoms with Crippen LogP contribution in [0.3, 0.4) is 0 Å². The quantitative estimate of drug-likeness (QED) is 0.429. The first kappa shape index (κ1) is 4.63. The summed E-state index contributed by atoms with van der Waals surface area (Å²) >= 11 is 0. The van der Waals surface area contributed by atoms with Crippen LogP contribution in [0, 0.1) is 12.0 Å². The smallest absolute Gasteiger partial charge is 0.00419 e. The molecule has 0 saturated heterocycles. The second kappa shape index (κ2) is 1.53. The maximum atomic E-state index is 3.11. The van der Waals surface area contributed by atoms with Crippen molar-refractivity contribution in [3.63, 3.8) is 0 Å². The summed E-state index contributed by atoms with van der Waals surface area (Å²) < 4.78 is 0. The second-order valence-electron chi connectivity index (χ2n) is 1.98. The van der Waals surface area contributed by atoms with Crippen LogP contribution >= 0.6 is 0 Å². The topological polar surface area (TPSA) is 0 Å². The molecule has 1 unspecified atom stereocenters. The zero-order chi connectivity index (χ0) is 5.28. The van der Waals surface area contributed by atoms with E-state index in [1.165, 1.54) is 5.57 Å². The average Bonchev–Trinajstić information content (AvgIpc) is 1.91. The van der Waals surface area contributed by atoms with Crippen LogP contribution in [-0.2, 0) is 0 Å². The molecule has 0 bridgehead atoms. The van der Waals surface area contributed by atoms with Gasteiger partial charge in [0.2, 0.25) is 0 Å². The molecule has 0 heterocycles. The number of hydrogen-bond acceptors (Lipinski definition) is 0. The number of rotatable bonds is 0. The van der Waals surface area contributed by atoms with Crippen LogP contribution in [0.5, 0.6) is 0 Å². The fourth-order valence-corrected chi connectivity index (χ4v) is 0.600. The zero-order valence-corrected chi connectivity index (χ0v) is 4.73. The van der Waals surface area contributed by atoms with Gasteiger partial charge in [-0.3, -0.25) is 0 Å². The van der Waals surface area contributed by atoms with E-state index in [0.29, 0.717) is 5.92 Å². The van der Waals surface area contributed by atoms with Gasteiger partial charge >= 0.3 is 0 Å². The third-order valence-corrected chi connectivity index (χ3v) is 1.38. The second-order valence-corrected chi connectivity index (χ2v) is 1.98. The molecule has 1 atom stereocenters. The van der Waals surface area contributed by atoms with Gasteiger partial charge in [-0.1, -0.05) is 24.6 Å². The Labute approximate surface area is 44.5 Å². The molecule has 0 aromatic rings. The molecule has 1 aliphatic carbocycles. The Bertz CT molecular complexity index is 118. The van der Waals surface area contributed by atoms with Gasteiger partial charge in [-0.2, -0.15) is 0 Å². The van der Waals surface area contributed by atoms with Crippen molar-refractivity contribution in [2.75, 3.05) is 0 Å². The first-order chi connectivity index (χ1) is 3.30. The standard InChI is InChI=1S/C7H9/c1-6-4-3-5-7(6)2/h3-4,6H,1-2H3. The summed E-state index contributed by atoms with van der Waals surface area (Å²) in [5, 5.41) is 0. The summed E-state index contributed by atoms with van der Waals surface area (Å²) in [6.45, 7) is 4.27. The molecule has 0 N–H and O–H groups in total. The Kier molecular flexibility index (Phi) is 1.01. The number of allylic oxidation sites excluding steroid dienone is 4. The summed E-state index contributed by atoms with van der Waals surface area (Å²) in [6.07, 6.45) is 7.24. The minimum Gasteiger partial charge on any atom is -0.0770 e. The molecule has 0 spiro atoms. The highest BCUT2D eigenvalue weighted by Crippen LogP contribution is 2.15. The van der Waals surface area contributed by atoms with Crippen LogP contribution < -0.4 is 0 Å². The highest BCUT2D eigenvalue weighted by Gasteiger charge is 2.01. The molecule has 0 aromatic heterocycles. The molecule has 0 amide bonds. The number of hydrogen-bond donors (Lipinski definition) is 0. The molecule has 7 heavy (non-hydrogen) atoms. The van der Waals surface area contributed by atoms with Crippen LogP contribution in [-0.4, -0.2) is 0 Å². The molecule has 1 rings (SSSR count). The van der Waals surface area contributed by atoms with Crippen molar-refractivity contribution < 1.29 is 0 Å². The van der Waals surface area contributed by atoms with Crippen molar-refractivity contribution in [1.29, 1.82) is 0 Å². The van der Waals surface area contributed by atoms with Crippen LogP contribution in [0.4, 0.5) is 0 Å². The van der Waals surface area contributed by atoms with Crippen LogP contribution in [0.25, 0.3) is 0 Å². The van der Waals surface area contributed by atoms with E-state index >= 15 is 0 Å². The molecule has 1 radical (unpaired) electrons. The average molecular weight is 93.1 g/mol. The summed E-state index contributed by atoms with van der Waals surface area (Å²) in [7, 11) is 0. The maximum Gasteiger partial charge on any atom is -0.00419 e. The molecule has 0 heteroatoms. The Morgan fingerprint density at radius 2 is 2.43 bits per heavy atom. The van der Waals surface area contributed by atoms with E-state index in [2.05, 4.69) is 26.0 Å². The van der Waals surface area contributed by atoms with Crippen molar-refractivity contribution in [2.24, 2.45) is 5.92 Å². The molecular formula is C7H9. The minimum absolute atomic E-state index is 0.639. The normalized spacial score (nSPS) is 28.3. The summed E-state index contributed by atoms with van der Waals surface area (Å²) in [6, 6.07) is 0. The summed E-state index contributed by atoms with van der Waals surface area (Å²) in [5.74, 6) is 0.639. The van der Waals surface area contributed by atoms with Crippen LogP contribution in [0.2, 0.25) is 0 Å². The lowest BCUT2D eigenvalue weighted by atomic mass is 10.1. The van der Waals surface area contributed by atoms with Gasteiger partial charge < -0.3 is 0 Å². The third kappa shape index (κ3) is 0.738. The van der Waals surface area contributed by atoms with E-state index in [-0.39, 0.29) is 0 Å². The van der Waals surface area contributed by atoms with E-state index in [4.69, 9.17) is 0 Å². The Morgan fingerprint density at radius 3 is 2.57 bits per heavy atom. The fourth-order valence-electron chi connectivity index (χ4n) is 0.600. The molecule has 0 saturated carbocycles. The molecule has 0 aliphatic heterocycles. The minimum atomic E-state index is 0.639. The van der Waals surface area contributed by atoms with E-state index in [9.17, 15) is 0 Å². The Balaban J connectivity index is 2.69. The lowest BCUT2D eigenvalue weighted by Gasteiger charge is -1.96. The van der Waals surface area contributed by atoms with Gasteiger partial charge in [0.15, 0.2) is 0 Å². The molecule has 0 nitrogen and oxygen atoms in total. The fraction of sp³-hybridized carbons (Fsp3) is 0.429. The predicted molar refractivity (Wildman–Crippen MR) is 30.7 cm³/mol. The maximum absolute atomic E-state index is 3.11. The van der Waals surface area contributed by atoms with E-state index in [1.807, 2.05) is 6.08 Å². The van der Waals surface area contributed by atoms with Crippen LogP contribution in [0.15, 0.2) is 17.7 Å². The van der Waals surface area contributed by atoms with Crippen LogP contribution in [0.1, 0.15) is 13.8 Å². The lowest BCUT2D eigenvalue weighted by molar-refractivity contribution is 0.880. The van der Waals surface area contributed by atoms with E-state index in [0.717, 1.165) is 0 Å². The lowest BCUT2D eigenvalue weighted by Crippen LogP contribution is -1.83. The van der Waals surface area contributed by atoms with Crippen molar-refractivity contribution in [1.82, 2.24) is 0 Å². The highest BCUT2D eigenvalue weighted by atomic mass is 14.1. The Morgan fingerprint density at radius 1 is 1.71 bits per heavy atom. The van der Waals surface area contributed by atoms with E-state index in [1.54, 1.807) is 0 Å². The van der Waals surface area contributed by atoms with Crippen molar-refractivity contribution in [2.45, 2.75) is 13.8 Å². The zero-order valence-electron chi connectivity index (χ0n) is 4.73. The molecule has 0 fully saturated rings. The van der Waals surface area contributed by atoms with Gasteiger partial charge in [-0.05, 0) is 18.9 Å². The van der Waals surface area contributed by atoms with Gasteiger partial charge in [-0.15, -0.1) is 0 Å². The molecule has 37 valence electrons. The molecule has 0 aromatic carbocycles. The third-order valence-electron chi connectivity index (χ3n) is 1.38. The summed E-state index contributed by atoms with van der Waals surface area (Å²) in [5.41, 5.74) is 1.35. The van der Waals surface area contributed by atoms with Crippen molar-refractivity contribution in [3.8, 4) is 0 Å². The van der Waals surface area contributed by atoms with Crippen molar-refractivity contribution >= 4 is 0 Å². The van der Waals surface area contributed by atoms with Gasteiger partial charge in [0, 0.05) is 0 Å². The van der Waals surface area contributed by atoms with Gasteiger partial charge in [-0.25, -0.2) is 0 Å². The Hall–Kier alpha value is -0.520. The van der Waals surface area contributed by atoms with Gasteiger partial charge in [0.05, 0.1) is 0 Å². The van der Waals surface area contributed by atoms with Gasteiger partial charge in [0.1, 0.15) is 0 Å². The predicted octanol–water partition coefficient (Wildman–Crippen LogP) is 1.94. The first-order valence-electron chi connectivity index (χ1n) is 2.57.